The molecule has 1 fully saturated rings. The highest BCUT2D eigenvalue weighted by Crippen LogP contribution is 2.36. The maximum absolute atomic E-state index is 12.2. The van der Waals surface area contributed by atoms with Crippen molar-refractivity contribution in [3.63, 3.8) is 0 Å². The number of likely N-dealkylation sites (tertiary alicyclic amines) is 1. The molecule has 1 aromatic rings. The number of nitrogens with zero attached hydrogens (tertiary/aromatic N) is 1. The number of carbonyl (C=O) groups excluding carboxylic acids is 3. The van der Waals surface area contributed by atoms with Gasteiger partial charge in [-0.2, -0.15) is 0 Å². The molecule has 0 spiro atoms. The number of hydrogen-bond acceptors (Lipinski definition) is 4. The molecule has 8 nitrogen and oxygen atoms in total. The van der Waals surface area contributed by atoms with Crippen LogP contribution in [0.4, 0.5) is 16.2 Å². The Bertz CT molecular complexity index is 718. The number of anilines is 2. The van der Waals surface area contributed by atoms with E-state index in [4.69, 9.17) is 16.3 Å². The molecule has 2 aliphatic rings. The molecule has 1 saturated heterocycles. The molecule has 0 bridgehead atoms. The van der Waals surface area contributed by atoms with Gasteiger partial charge in [0.1, 0.15) is 11.8 Å². The van der Waals surface area contributed by atoms with Crippen molar-refractivity contribution in [3.8, 4) is 5.75 Å². The van der Waals surface area contributed by atoms with E-state index < -0.39 is 12.1 Å². The fraction of sp³-hybridized carbons (Fsp3) is 0.438. The van der Waals surface area contributed by atoms with Crippen LogP contribution in [-0.4, -0.2) is 48.5 Å². The van der Waals surface area contributed by atoms with Crippen LogP contribution in [0.1, 0.15) is 19.8 Å². The van der Waals surface area contributed by atoms with Gasteiger partial charge in [0.25, 0.3) is 5.91 Å². The maximum Gasteiger partial charge on any atom is 0.319 e. The van der Waals surface area contributed by atoms with Gasteiger partial charge in [-0.15, -0.1) is 0 Å². The molecule has 3 N–H and O–H groups in total. The minimum Gasteiger partial charge on any atom is -0.482 e. The number of urea groups is 1. The van der Waals surface area contributed by atoms with Gasteiger partial charge in [-0.1, -0.05) is 11.6 Å². The Hall–Kier alpha value is -2.48. The first kappa shape index (κ1) is 17.3. The van der Waals surface area contributed by atoms with E-state index in [1.54, 1.807) is 11.8 Å². The molecular formula is C16H19ClN4O4. The molecule has 0 unspecified atom stereocenters. The smallest absolute Gasteiger partial charge is 0.319 e. The summed E-state index contributed by atoms with van der Waals surface area (Å²) in [7, 11) is 0. The summed E-state index contributed by atoms with van der Waals surface area (Å²) >= 11 is 6.13. The normalized spacial score (nSPS) is 17.2. The van der Waals surface area contributed by atoms with Crippen molar-refractivity contribution in [1.82, 2.24) is 10.2 Å². The second-order valence-electron chi connectivity index (χ2n) is 6.02. The van der Waals surface area contributed by atoms with Gasteiger partial charge in [0.2, 0.25) is 5.91 Å². The lowest BCUT2D eigenvalue weighted by Gasteiger charge is -2.22. The SMILES string of the molecule is C[C@@H](NC(=O)Nc1cc2c(cc1Cl)NC(=O)CO2)C(=O)N1CCCC1. The summed E-state index contributed by atoms with van der Waals surface area (Å²) in [6.45, 7) is 3.01. The molecule has 2 aliphatic heterocycles. The van der Waals surface area contributed by atoms with E-state index in [2.05, 4.69) is 16.0 Å². The number of ether oxygens (including phenoxy) is 1. The molecule has 4 amide bonds. The summed E-state index contributed by atoms with van der Waals surface area (Å²) in [5, 5.41) is 8.09. The average molecular weight is 367 g/mol. The van der Waals surface area contributed by atoms with Crippen molar-refractivity contribution >= 4 is 40.8 Å². The second kappa shape index (κ2) is 7.18. The molecule has 0 radical (unpaired) electrons. The minimum absolute atomic E-state index is 0.0956. The van der Waals surface area contributed by atoms with Crippen LogP contribution in [0.25, 0.3) is 0 Å². The van der Waals surface area contributed by atoms with E-state index in [1.165, 1.54) is 12.1 Å². The van der Waals surface area contributed by atoms with Gasteiger partial charge in [0.05, 0.1) is 16.4 Å². The first-order valence-electron chi connectivity index (χ1n) is 8.06. The molecule has 3 rings (SSSR count). The highest BCUT2D eigenvalue weighted by Gasteiger charge is 2.25. The second-order valence-corrected chi connectivity index (χ2v) is 6.42. The third-order valence-corrected chi connectivity index (χ3v) is 4.40. The van der Waals surface area contributed by atoms with E-state index in [0.717, 1.165) is 25.9 Å². The van der Waals surface area contributed by atoms with Crippen molar-refractivity contribution in [3.05, 3.63) is 17.2 Å². The van der Waals surface area contributed by atoms with Crippen molar-refractivity contribution in [1.29, 1.82) is 0 Å². The number of hydrogen-bond donors (Lipinski definition) is 3. The largest absolute Gasteiger partial charge is 0.482 e. The monoisotopic (exact) mass is 366 g/mol. The lowest BCUT2D eigenvalue weighted by Crippen LogP contribution is -2.47. The van der Waals surface area contributed by atoms with E-state index in [0.29, 0.717) is 17.1 Å². The van der Waals surface area contributed by atoms with Gasteiger partial charge in [-0.05, 0) is 25.8 Å². The number of halogens is 1. The highest BCUT2D eigenvalue weighted by molar-refractivity contribution is 6.34. The highest BCUT2D eigenvalue weighted by atomic mass is 35.5. The Kier molecular flexibility index (Phi) is 4.98. The van der Waals surface area contributed by atoms with Crippen molar-refractivity contribution in [2.75, 3.05) is 30.3 Å². The Balaban J connectivity index is 1.62. The molecule has 9 heteroatoms. The quantitative estimate of drug-likeness (QED) is 0.759. The van der Waals surface area contributed by atoms with Gasteiger partial charge < -0.3 is 25.6 Å². The molecule has 1 aromatic carbocycles. The fourth-order valence-corrected chi connectivity index (χ4v) is 3.03. The Morgan fingerprint density at radius 1 is 1.32 bits per heavy atom. The maximum atomic E-state index is 12.2. The Labute approximate surface area is 149 Å². The number of amides is 4. The predicted molar refractivity (Wildman–Crippen MR) is 93.0 cm³/mol. The lowest BCUT2D eigenvalue weighted by molar-refractivity contribution is -0.131. The topological polar surface area (TPSA) is 99.8 Å². The first-order chi connectivity index (χ1) is 11.9. The summed E-state index contributed by atoms with van der Waals surface area (Å²) < 4.78 is 5.30. The van der Waals surface area contributed by atoms with Crippen LogP contribution in [0.15, 0.2) is 12.1 Å². The summed E-state index contributed by atoms with van der Waals surface area (Å²) in [5.41, 5.74) is 0.777. The minimum atomic E-state index is -0.634. The molecule has 25 heavy (non-hydrogen) atoms. The van der Waals surface area contributed by atoms with Crippen LogP contribution in [0, 0.1) is 0 Å². The zero-order valence-corrected chi connectivity index (χ0v) is 14.5. The zero-order chi connectivity index (χ0) is 18.0. The van der Waals surface area contributed by atoms with Crippen molar-refractivity contribution in [2.45, 2.75) is 25.8 Å². The van der Waals surface area contributed by atoms with Gasteiger partial charge in [-0.25, -0.2) is 4.79 Å². The van der Waals surface area contributed by atoms with Gasteiger partial charge in [0.15, 0.2) is 6.61 Å². The molecule has 0 aromatic heterocycles. The van der Waals surface area contributed by atoms with Crippen LogP contribution >= 0.6 is 11.6 Å². The molecule has 0 aliphatic carbocycles. The third kappa shape index (κ3) is 3.96. The van der Waals surface area contributed by atoms with E-state index in [1.807, 2.05) is 0 Å². The standard InChI is InChI=1S/C16H19ClN4O4/c1-9(15(23)21-4-2-3-5-21)18-16(24)20-11-7-13-12(6-10(11)17)19-14(22)8-25-13/h6-7,9H,2-5,8H2,1H3,(H,19,22)(H2,18,20,24)/t9-/m1/s1. The van der Waals surface area contributed by atoms with Crippen LogP contribution < -0.4 is 20.7 Å². The van der Waals surface area contributed by atoms with E-state index in [9.17, 15) is 14.4 Å². The van der Waals surface area contributed by atoms with Crippen molar-refractivity contribution < 1.29 is 19.1 Å². The van der Waals surface area contributed by atoms with Crippen LogP contribution in [-0.2, 0) is 9.59 Å². The van der Waals surface area contributed by atoms with E-state index >= 15 is 0 Å². The number of rotatable bonds is 3. The Morgan fingerprint density at radius 2 is 2.04 bits per heavy atom. The third-order valence-electron chi connectivity index (χ3n) is 4.09. The van der Waals surface area contributed by atoms with E-state index in [-0.39, 0.29) is 23.4 Å². The first-order valence-corrected chi connectivity index (χ1v) is 8.44. The molecule has 134 valence electrons. The van der Waals surface area contributed by atoms with Crippen molar-refractivity contribution in [2.24, 2.45) is 0 Å². The molecule has 1 atom stereocenters. The van der Waals surface area contributed by atoms with Crippen LogP contribution in [0.2, 0.25) is 5.02 Å². The lowest BCUT2D eigenvalue weighted by atomic mass is 10.2. The summed E-state index contributed by atoms with van der Waals surface area (Å²) in [6, 6.07) is 1.86. The van der Waals surface area contributed by atoms with Gasteiger partial charge in [0, 0.05) is 19.2 Å². The summed E-state index contributed by atoms with van der Waals surface area (Å²) in [5.74, 6) is 0.0481. The number of nitrogens with one attached hydrogen (secondary N) is 3. The van der Waals surface area contributed by atoms with Gasteiger partial charge in [-0.3, -0.25) is 9.59 Å². The van der Waals surface area contributed by atoms with Crippen LogP contribution in [0.3, 0.4) is 0 Å². The number of fused-ring (bicyclic) bond motifs is 1. The fourth-order valence-electron chi connectivity index (χ4n) is 2.82. The summed E-state index contributed by atoms with van der Waals surface area (Å²) in [4.78, 5) is 37.4. The number of carbonyl (C=O) groups is 3. The average Bonchev–Trinajstić information content (AvgIpc) is 3.09. The number of benzene rings is 1. The molecule has 2 heterocycles. The van der Waals surface area contributed by atoms with Gasteiger partial charge >= 0.3 is 6.03 Å². The van der Waals surface area contributed by atoms with Crippen LogP contribution in [0.5, 0.6) is 5.75 Å². The predicted octanol–water partition coefficient (Wildman–Crippen LogP) is 1.80. The molecular weight excluding hydrogens is 348 g/mol. The molecule has 0 saturated carbocycles. The zero-order valence-electron chi connectivity index (χ0n) is 13.7. The summed E-state index contributed by atoms with van der Waals surface area (Å²) in [6.07, 6.45) is 1.98. The Morgan fingerprint density at radius 3 is 2.76 bits per heavy atom.